The van der Waals surface area contributed by atoms with E-state index < -0.39 is 0 Å². The van der Waals surface area contributed by atoms with Gasteiger partial charge in [-0.1, -0.05) is 56.1 Å². The third kappa shape index (κ3) is 5.45. The van der Waals surface area contributed by atoms with Gasteiger partial charge in [0.25, 0.3) is 0 Å². The number of carbonyl (C=O) groups excluding carboxylic acids is 1. The molecule has 23 heavy (non-hydrogen) atoms. The number of nitrogens with one attached hydrogen (secondary N) is 1. The van der Waals surface area contributed by atoms with Crippen molar-refractivity contribution in [3.63, 3.8) is 0 Å². The van der Waals surface area contributed by atoms with E-state index in [4.69, 9.17) is 23.2 Å². The maximum atomic E-state index is 12.0. The van der Waals surface area contributed by atoms with E-state index in [-0.39, 0.29) is 11.3 Å². The van der Waals surface area contributed by atoms with Gasteiger partial charge in [0.1, 0.15) is 0 Å². The number of anilines is 1. The van der Waals surface area contributed by atoms with Gasteiger partial charge in [0.05, 0.1) is 16.5 Å². The molecule has 0 aliphatic heterocycles. The Bertz CT molecular complexity index is 693. The predicted molar refractivity (Wildman–Crippen MR) is 101 cm³/mol. The summed E-state index contributed by atoms with van der Waals surface area (Å²) in [7, 11) is 0. The van der Waals surface area contributed by atoms with E-state index in [1.807, 2.05) is 12.1 Å². The molecule has 2 nitrogen and oxygen atoms in total. The lowest BCUT2D eigenvalue weighted by atomic mass is 9.87. The van der Waals surface area contributed by atoms with Crippen LogP contribution in [0.15, 0.2) is 47.4 Å². The van der Waals surface area contributed by atoms with Crippen molar-refractivity contribution in [3.8, 4) is 0 Å². The smallest absolute Gasteiger partial charge is 0.234 e. The first-order chi connectivity index (χ1) is 10.8. The Labute approximate surface area is 151 Å². The summed E-state index contributed by atoms with van der Waals surface area (Å²) in [4.78, 5) is 13.1. The second kappa shape index (κ2) is 7.61. The third-order valence-electron chi connectivity index (χ3n) is 3.30. The molecule has 0 atom stereocenters. The van der Waals surface area contributed by atoms with Crippen molar-refractivity contribution in [1.82, 2.24) is 0 Å². The number of thioether (sulfide) groups is 1. The molecule has 0 unspecified atom stereocenters. The molecule has 0 saturated heterocycles. The average Bonchev–Trinajstić information content (AvgIpc) is 2.47. The Hall–Kier alpha value is -1.16. The Morgan fingerprint density at radius 1 is 1.09 bits per heavy atom. The van der Waals surface area contributed by atoms with Crippen LogP contribution in [0.25, 0.3) is 0 Å². The van der Waals surface area contributed by atoms with Crippen LogP contribution in [0.5, 0.6) is 0 Å². The minimum Gasteiger partial charge on any atom is -0.324 e. The van der Waals surface area contributed by atoms with Crippen molar-refractivity contribution in [2.75, 3.05) is 11.1 Å². The zero-order valence-electron chi connectivity index (χ0n) is 13.3. The number of benzene rings is 2. The highest BCUT2D eigenvalue weighted by Gasteiger charge is 2.13. The van der Waals surface area contributed by atoms with Crippen molar-refractivity contribution in [3.05, 3.63) is 58.1 Å². The number of hydrogen-bond donors (Lipinski definition) is 1. The lowest BCUT2D eigenvalue weighted by Gasteiger charge is -2.19. The first-order valence-electron chi connectivity index (χ1n) is 7.24. The van der Waals surface area contributed by atoms with Gasteiger partial charge in [-0.15, -0.1) is 11.8 Å². The molecule has 0 saturated carbocycles. The van der Waals surface area contributed by atoms with Crippen LogP contribution in [0.1, 0.15) is 26.3 Å². The van der Waals surface area contributed by atoms with Gasteiger partial charge in [-0.3, -0.25) is 4.79 Å². The van der Waals surface area contributed by atoms with Crippen LogP contribution >= 0.6 is 35.0 Å². The molecule has 0 aromatic heterocycles. The van der Waals surface area contributed by atoms with E-state index in [2.05, 4.69) is 38.2 Å². The summed E-state index contributed by atoms with van der Waals surface area (Å²) in [6, 6.07) is 13.3. The fourth-order valence-electron chi connectivity index (χ4n) is 1.98. The second-order valence-corrected chi connectivity index (χ2v) is 8.13. The maximum Gasteiger partial charge on any atom is 0.234 e. The molecule has 2 aromatic carbocycles. The number of carbonyl (C=O) groups is 1. The number of hydrogen-bond acceptors (Lipinski definition) is 2. The van der Waals surface area contributed by atoms with E-state index >= 15 is 0 Å². The third-order valence-corrected chi connectivity index (χ3v) is 4.86. The van der Waals surface area contributed by atoms with Crippen LogP contribution in [0.2, 0.25) is 10.0 Å². The summed E-state index contributed by atoms with van der Waals surface area (Å²) in [5, 5.41) is 3.77. The van der Waals surface area contributed by atoms with Gasteiger partial charge in [-0.05, 0) is 41.3 Å². The standard InChI is InChI=1S/C18H19Cl2NOS/c1-18(2,3)12-4-7-14(8-5-12)23-11-17(22)21-16-9-6-13(19)10-15(16)20/h4-10H,11H2,1-3H3,(H,21,22). The van der Waals surface area contributed by atoms with Gasteiger partial charge in [0, 0.05) is 9.92 Å². The van der Waals surface area contributed by atoms with Crippen molar-refractivity contribution in [2.24, 2.45) is 0 Å². The molecule has 1 amide bonds. The minimum atomic E-state index is -0.0980. The van der Waals surface area contributed by atoms with Gasteiger partial charge in [0.15, 0.2) is 0 Å². The topological polar surface area (TPSA) is 29.1 Å². The van der Waals surface area contributed by atoms with Gasteiger partial charge in [-0.2, -0.15) is 0 Å². The first-order valence-corrected chi connectivity index (χ1v) is 8.98. The maximum absolute atomic E-state index is 12.0. The summed E-state index contributed by atoms with van der Waals surface area (Å²) in [5.74, 6) is 0.229. The molecular formula is C18H19Cl2NOS. The SMILES string of the molecule is CC(C)(C)c1ccc(SCC(=O)Nc2ccc(Cl)cc2Cl)cc1. The summed E-state index contributed by atoms with van der Waals surface area (Å²) in [5.41, 5.74) is 1.98. The van der Waals surface area contributed by atoms with Gasteiger partial charge in [-0.25, -0.2) is 0 Å². The normalized spacial score (nSPS) is 11.3. The highest BCUT2D eigenvalue weighted by Crippen LogP contribution is 2.27. The Kier molecular flexibility index (Phi) is 6.01. The number of amides is 1. The Morgan fingerprint density at radius 3 is 2.30 bits per heavy atom. The lowest BCUT2D eigenvalue weighted by molar-refractivity contribution is -0.113. The van der Waals surface area contributed by atoms with E-state index in [9.17, 15) is 4.79 Å². The van der Waals surface area contributed by atoms with E-state index in [1.165, 1.54) is 17.3 Å². The molecule has 0 bridgehead atoms. The molecule has 1 N–H and O–H groups in total. The molecule has 2 rings (SSSR count). The van der Waals surface area contributed by atoms with E-state index in [0.717, 1.165) is 4.90 Å². The van der Waals surface area contributed by atoms with Crippen molar-refractivity contribution < 1.29 is 4.79 Å². The average molecular weight is 368 g/mol. The van der Waals surface area contributed by atoms with Crippen LogP contribution in [0.4, 0.5) is 5.69 Å². The van der Waals surface area contributed by atoms with Crippen molar-refractivity contribution in [1.29, 1.82) is 0 Å². The zero-order chi connectivity index (χ0) is 17.0. The molecule has 0 aliphatic rings. The number of halogens is 2. The van der Waals surface area contributed by atoms with E-state index in [1.54, 1.807) is 18.2 Å². The molecule has 5 heteroatoms. The zero-order valence-corrected chi connectivity index (χ0v) is 15.6. The van der Waals surface area contributed by atoms with Crippen LogP contribution in [-0.2, 0) is 10.2 Å². The fraction of sp³-hybridized carbons (Fsp3) is 0.278. The minimum absolute atomic E-state index is 0.0980. The molecule has 0 aliphatic carbocycles. The molecule has 0 radical (unpaired) electrons. The summed E-state index contributed by atoms with van der Waals surface area (Å²) < 4.78 is 0. The highest BCUT2D eigenvalue weighted by atomic mass is 35.5. The van der Waals surface area contributed by atoms with Crippen LogP contribution in [0, 0.1) is 0 Å². The molecule has 0 fully saturated rings. The van der Waals surface area contributed by atoms with Crippen LogP contribution < -0.4 is 5.32 Å². The molecule has 122 valence electrons. The van der Waals surface area contributed by atoms with Crippen molar-refractivity contribution >= 4 is 46.6 Å². The predicted octanol–water partition coefficient (Wildman–Crippen LogP) is 6.02. The second-order valence-electron chi connectivity index (χ2n) is 6.24. The van der Waals surface area contributed by atoms with Gasteiger partial charge >= 0.3 is 0 Å². The largest absolute Gasteiger partial charge is 0.324 e. The molecule has 0 heterocycles. The summed E-state index contributed by atoms with van der Waals surface area (Å²) >= 11 is 13.4. The first kappa shape index (κ1) is 18.2. The van der Waals surface area contributed by atoms with E-state index in [0.29, 0.717) is 21.5 Å². The quantitative estimate of drug-likeness (QED) is 0.669. The highest BCUT2D eigenvalue weighted by molar-refractivity contribution is 8.00. The summed E-state index contributed by atoms with van der Waals surface area (Å²) in [6.45, 7) is 6.54. The fourth-order valence-corrected chi connectivity index (χ4v) is 3.13. The Balaban J connectivity index is 1.91. The molecule has 0 spiro atoms. The van der Waals surface area contributed by atoms with Gasteiger partial charge in [0.2, 0.25) is 5.91 Å². The lowest BCUT2D eigenvalue weighted by Crippen LogP contribution is -2.14. The van der Waals surface area contributed by atoms with Crippen molar-refractivity contribution in [2.45, 2.75) is 31.1 Å². The molecular weight excluding hydrogens is 349 g/mol. The monoisotopic (exact) mass is 367 g/mol. The number of rotatable bonds is 4. The Morgan fingerprint density at radius 2 is 1.74 bits per heavy atom. The van der Waals surface area contributed by atoms with Gasteiger partial charge < -0.3 is 5.32 Å². The van der Waals surface area contributed by atoms with Crippen LogP contribution in [-0.4, -0.2) is 11.7 Å². The summed E-state index contributed by atoms with van der Waals surface area (Å²) in [6.07, 6.45) is 0. The molecule has 2 aromatic rings. The van der Waals surface area contributed by atoms with Crippen LogP contribution in [0.3, 0.4) is 0 Å².